The Morgan fingerprint density at radius 3 is 2.65 bits per heavy atom. The Kier molecular flexibility index (Phi) is 7.75. The van der Waals surface area contributed by atoms with Crippen LogP contribution in [0.3, 0.4) is 0 Å². The molecule has 2 heterocycles. The molecule has 3 aromatic rings. The molecule has 1 fully saturated rings. The van der Waals surface area contributed by atoms with E-state index < -0.39 is 0 Å². The van der Waals surface area contributed by atoms with Gasteiger partial charge in [-0.2, -0.15) is 5.26 Å². The van der Waals surface area contributed by atoms with Crippen LogP contribution in [0.25, 0.3) is 10.8 Å². The second-order valence-electron chi connectivity index (χ2n) is 7.29. The van der Waals surface area contributed by atoms with Crippen LogP contribution < -0.4 is 15.0 Å². The van der Waals surface area contributed by atoms with E-state index in [0.29, 0.717) is 17.9 Å². The Bertz CT molecular complexity index is 1110. The highest BCUT2D eigenvalue weighted by atomic mass is 127. The van der Waals surface area contributed by atoms with Crippen molar-refractivity contribution in [3.05, 3.63) is 51.1 Å². The number of anilines is 2. The van der Waals surface area contributed by atoms with Crippen LogP contribution >= 0.6 is 35.0 Å². The molecular weight excluding hydrogens is 529 g/mol. The number of rotatable bonds is 5. The monoisotopic (exact) mass is 551 g/mol. The molecule has 0 saturated carbocycles. The van der Waals surface area contributed by atoms with Gasteiger partial charge in [0, 0.05) is 30.4 Å². The SMILES string of the molecule is COc1ccc(CNc2nnc(N3CCC(O)CC3)c3ccc(C#N)cc23)cc1I.Cl. The van der Waals surface area contributed by atoms with Crippen molar-refractivity contribution in [2.75, 3.05) is 30.4 Å². The average Bonchev–Trinajstić information content (AvgIpc) is 2.77. The van der Waals surface area contributed by atoms with Crippen LogP contribution in [-0.2, 0) is 6.54 Å². The van der Waals surface area contributed by atoms with E-state index >= 15 is 0 Å². The van der Waals surface area contributed by atoms with Crippen molar-refractivity contribution >= 4 is 57.4 Å². The van der Waals surface area contributed by atoms with E-state index in [4.69, 9.17) is 4.74 Å². The third-order valence-corrected chi connectivity index (χ3v) is 6.17. The standard InChI is InChI=1S/C22H22IN5O2.ClH/c1-30-20-5-3-15(11-19(20)23)13-25-21-18-10-14(12-24)2-4-17(18)22(27-26-21)28-8-6-16(29)7-9-28;/h2-5,10-11,16,29H,6-9,13H2,1H3,(H,25,26);1H. The van der Waals surface area contributed by atoms with Crippen molar-refractivity contribution in [1.29, 1.82) is 5.26 Å². The zero-order valence-corrected chi connectivity index (χ0v) is 20.0. The molecule has 2 aromatic carbocycles. The fourth-order valence-electron chi connectivity index (χ4n) is 3.66. The Labute approximate surface area is 201 Å². The minimum atomic E-state index is -0.251. The summed E-state index contributed by atoms with van der Waals surface area (Å²) >= 11 is 2.25. The lowest BCUT2D eigenvalue weighted by molar-refractivity contribution is 0.145. The maximum absolute atomic E-state index is 9.81. The van der Waals surface area contributed by atoms with E-state index in [2.05, 4.69) is 55.1 Å². The molecule has 4 rings (SSSR count). The van der Waals surface area contributed by atoms with Gasteiger partial charge in [-0.3, -0.25) is 0 Å². The maximum Gasteiger partial charge on any atom is 0.159 e. The first kappa shape index (κ1) is 23.3. The van der Waals surface area contributed by atoms with Crippen molar-refractivity contribution in [3.63, 3.8) is 0 Å². The Morgan fingerprint density at radius 1 is 1.19 bits per heavy atom. The van der Waals surface area contributed by atoms with Crippen molar-refractivity contribution < 1.29 is 9.84 Å². The number of nitrogens with zero attached hydrogens (tertiary/aromatic N) is 4. The van der Waals surface area contributed by atoms with Crippen LogP contribution in [0.2, 0.25) is 0 Å². The highest BCUT2D eigenvalue weighted by Gasteiger charge is 2.21. The molecule has 0 amide bonds. The van der Waals surface area contributed by atoms with Gasteiger partial charge in [-0.15, -0.1) is 22.6 Å². The lowest BCUT2D eigenvalue weighted by atomic mass is 10.1. The normalized spacial score (nSPS) is 14.1. The molecule has 7 nitrogen and oxygen atoms in total. The third kappa shape index (κ3) is 5.11. The number of benzene rings is 2. The van der Waals surface area contributed by atoms with Crippen molar-refractivity contribution in [2.24, 2.45) is 0 Å². The lowest BCUT2D eigenvalue weighted by Gasteiger charge is -2.31. The predicted octanol–water partition coefficient (Wildman–Crippen LogP) is 4.11. The number of nitrogens with one attached hydrogen (secondary N) is 1. The Morgan fingerprint density at radius 2 is 1.97 bits per heavy atom. The van der Waals surface area contributed by atoms with Gasteiger partial charge in [0.25, 0.3) is 0 Å². The molecule has 0 bridgehead atoms. The summed E-state index contributed by atoms with van der Waals surface area (Å²) in [4.78, 5) is 2.16. The van der Waals surface area contributed by atoms with Crippen LogP contribution in [0.5, 0.6) is 5.75 Å². The highest BCUT2D eigenvalue weighted by molar-refractivity contribution is 14.1. The number of hydrogen-bond donors (Lipinski definition) is 2. The summed E-state index contributed by atoms with van der Waals surface area (Å²) in [7, 11) is 1.66. The zero-order chi connectivity index (χ0) is 21.1. The lowest BCUT2D eigenvalue weighted by Crippen LogP contribution is -2.36. The molecule has 1 aromatic heterocycles. The van der Waals surface area contributed by atoms with Gasteiger partial charge in [0.1, 0.15) is 5.75 Å². The van der Waals surface area contributed by atoms with Gasteiger partial charge < -0.3 is 20.1 Å². The van der Waals surface area contributed by atoms with E-state index in [1.165, 1.54) is 0 Å². The largest absolute Gasteiger partial charge is 0.496 e. The topological polar surface area (TPSA) is 94.3 Å². The number of aromatic nitrogens is 2. The number of aliphatic hydroxyl groups excluding tert-OH is 1. The molecule has 1 saturated heterocycles. The van der Waals surface area contributed by atoms with E-state index in [1.54, 1.807) is 7.11 Å². The van der Waals surface area contributed by atoms with Crippen molar-refractivity contribution in [2.45, 2.75) is 25.5 Å². The summed E-state index contributed by atoms with van der Waals surface area (Å²) in [6.45, 7) is 2.06. The van der Waals surface area contributed by atoms with Gasteiger partial charge in [-0.1, -0.05) is 6.07 Å². The third-order valence-electron chi connectivity index (χ3n) is 5.33. The summed E-state index contributed by atoms with van der Waals surface area (Å²) < 4.78 is 6.36. The summed E-state index contributed by atoms with van der Waals surface area (Å²) in [5, 5.41) is 33.3. The number of ether oxygens (including phenoxy) is 1. The second-order valence-corrected chi connectivity index (χ2v) is 8.45. The maximum atomic E-state index is 9.81. The number of aliphatic hydroxyl groups is 1. The molecule has 31 heavy (non-hydrogen) atoms. The summed E-state index contributed by atoms with van der Waals surface area (Å²) in [6.07, 6.45) is 1.18. The smallest absolute Gasteiger partial charge is 0.159 e. The molecule has 1 aliphatic rings. The zero-order valence-electron chi connectivity index (χ0n) is 17.0. The predicted molar refractivity (Wildman–Crippen MR) is 132 cm³/mol. The quantitative estimate of drug-likeness (QED) is 0.461. The molecular formula is C22H23ClIN5O2. The van der Waals surface area contributed by atoms with E-state index in [1.807, 2.05) is 30.3 Å². The number of nitriles is 1. The van der Waals surface area contributed by atoms with E-state index in [9.17, 15) is 10.4 Å². The molecule has 2 N–H and O–H groups in total. The van der Waals surface area contributed by atoms with Gasteiger partial charge in [0.2, 0.25) is 0 Å². The molecule has 0 spiro atoms. The van der Waals surface area contributed by atoms with Gasteiger partial charge in [0.05, 0.1) is 28.4 Å². The van der Waals surface area contributed by atoms with Gasteiger partial charge in [-0.25, -0.2) is 0 Å². The molecule has 9 heteroatoms. The van der Waals surface area contributed by atoms with Gasteiger partial charge in [-0.05, 0) is 71.3 Å². The molecule has 1 aliphatic heterocycles. The molecule has 0 radical (unpaired) electrons. The van der Waals surface area contributed by atoms with Crippen LogP contribution in [0.4, 0.5) is 11.6 Å². The molecule has 0 aliphatic carbocycles. The van der Waals surface area contributed by atoms with Crippen LogP contribution in [-0.4, -0.2) is 41.6 Å². The molecule has 162 valence electrons. The summed E-state index contributed by atoms with van der Waals surface area (Å²) in [5.41, 5.74) is 1.68. The van der Waals surface area contributed by atoms with Crippen LogP contribution in [0.1, 0.15) is 24.0 Å². The number of hydrogen-bond acceptors (Lipinski definition) is 7. The first-order valence-electron chi connectivity index (χ1n) is 9.79. The first-order valence-corrected chi connectivity index (χ1v) is 10.9. The number of fused-ring (bicyclic) bond motifs is 1. The van der Waals surface area contributed by atoms with Crippen molar-refractivity contribution in [3.8, 4) is 11.8 Å². The van der Waals surface area contributed by atoms with Gasteiger partial charge >= 0.3 is 0 Å². The minimum Gasteiger partial charge on any atom is -0.496 e. The minimum absolute atomic E-state index is 0. The average molecular weight is 552 g/mol. The molecule has 0 atom stereocenters. The van der Waals surface area contributed by atoms with Gasteiger partial charge in [0.15, 0.2) is 11.6 Å². The second kappa shape index (κ2) is 10.3. The number of halogens is 2. The first-order chi connectivity index (χ1) is 14.6. The Balaban J connectivity index is 0.00000272. The van der Waals surface area contributed by atoms with Crippen LogP contribution in [0, 0.1) is 14.9 Å². The van der Waals surface area contributed by atoms with Crippen LogP contribution in [0.15, 0.2) is 36.4 Å². The highest BCUT2D eigenvalue weighted by Crippen LogP contribution is 2.31. The van der Waals surface area contributed by atoms with E-state index in [0.717, 1.165) is 57.4 Å². The number of methoxy groups -OCH3 is 1. The fraction of sp³-hybridized carbons (Fsp3) is 0.318. The van der Waals surface area contributed by atoms with Crippen molar-refractivity contribution in [1.82, 2.24) is 10.2 Å². The number of piperidine rings is 1. The fourth-order valence-corrected chi connectivity index (χ4v) is 4.46. The Hall–Kier alpha value is -2.35. The molecule has 0 unspecified atom stereocenters. The summed E-state index contributed by atoms with van der Waals surface area (Å²) in [5.74, 6) is 2.29. The van der Waals surface area contributed by atoms with E-state index in [-0.39, 0.29) is 18.5 Å². The summed E-state index contributed by atoms with van der Waals surface area (Å²) in [6, 6.07) is 13.8.